The van der Waals surface area contributed by atoms with Crippen LogP contribution in [0.2, 0.25) is 0 Å². The molecule has 0 fully saturated rings. The van der Waals surface area contributed by atoms with Crippen molar-refractivity contribution in [2.45, 2.75) is 13.3 Å². The molecule has 0 saturated carbocycles. The molecule has 0 amide bonds. The lowest BCUT2D eigenvalue weighted by molar-refractivity contribution is 0.0593. The molecule has 1 aromatic carbocycles. The third-order valence-corrected chi connectivity index (χ3v) is 4.49. The molecule has 3 aromatic heterocycles. The number of rotatable bonds is 4. The Morgan fingerprint density at radius 2 is 1.77 bits per heavy atom. The number of pyridine rings is 2. The zero-order valence-electron chi connectivity index (χ0n) is 16.4. The summed E-state index contributed by atoms with van der Waals surface area (Å²) < 4.78 is 23.3. The molecule has 152 valence electrons. The van der Waals surface area contributed by atoms with Crippen LogP contribution in [0.3, 0.4) is 0 Å². The molecular formula is C22H19N3O4S. The highest BCUT2D eigenvalue weighted by atomic mass is 32.1. The van der Waals surface area contributed by atoms with E-state index in [2.05, 4.69) is 29.2 Å². The second-order valence-corrected chi connectivity index (χ2v) is 6.62. The van der Waals surface area contributed by atoms with E-state index in [9.17, 15) is 4.79 Å². The number of benzene rings is 1. The first-order valence-electron chi connectivity index (χ1n) is 9.06. The van der Waals surface area contributed by atoms with Gasteiger partial charge in [0.25, 0.3) is 0 Å². The summed E-state index contributed by atoms with van der Waals surface area (Å²) >= 11 is -0.750. The molecule has 0 saturated heterocycles. The van der Waals surface area contributed by atoms with Crippen molar-refractivity contribution >= 4 is 23.1 Å². The topological polar surface area (TPSA) is 90.6 Å². The van der Waals surface area contributed by atoms with Gasteiger partial charge < -0.3 is 4.74 Å². The van der Waals surface area contributed by atoms with E-state index in [-0.39, 0.29) is 0 Å². The molecule has 0 N–H and O–H groups in total. The Morgan fingerprint density at radius 1 is 1.03 bits per heavy atom. The van der Waals surface area contributed by atoms with Gasteiger partial charge in [-0.15, -0.1) is 0 Å². The van der Waals surface area contributed by atoms with Crippen molar-refractivity contribution in [1.29, 1.82) is 0 Å². The molecule has 3 heterocycles. The molecule has 8 heteroatoms. The first-order valence-corrected chi connectivity index (χ1v) is 9.73. The Morgan fingerprint density at radius 3 is 2.47 bits per heavy atom. The molecule has 30 heavy (non-hydrogen) atoms. The lowest BCUT2D eigenvalue weighted by Crippen LogP contribution is -2.06. The highest BCUT2D eigenvalue weighted by Crippen LogP contribution is 2.28. The third-order valence-electron chi connectivity index (χ3n) is 4.49. The number of carbonyl (C=O) groups excluding carboxylic acids is 1. The van der Waals surface area contributed by atoms with Crippen LogP contribution in [0.5, 0.6) is 0 Å². The summed E-state index contributed by atoms with van der Waals surface area (Å²) in [5.41, 5.74) is 6.33. The number of aryl methyl sites for hydroxylation is 1. The number of hydrogen-bond acceptors (Lipinski definition) is 6. The van der Waals surface area contributed by atoms with Crippen molar-refractivity contribution < 1.29 is 17.9 Å². The number of carbonyl (C=O) groups is 1. The zero-order chi connectivity index (χ0) is 21.5. The van der Waals surface area contributed by atoms with Gasteiger partial charge in [-0.25, -0.2) is 14.3 Å². The van der Waals surface area contributed by atoms with Crippen molar-refractivity contribution in [2.75, 3.05) is 7.11 Å². The Kier molecular flexibility index (Phi) is 6.82. The summed E-state index contributed by atoms with van der Waals surface area (Å²) in [6.45, 7) is 2.05. The van der Waals surface area contributed by atoms with Gasteiger partial charge in [-0.1, -0.05) is 42.5 Å². The standard InChI is InChI=1S/C22H19N3O2.O2S/c1-15-11-12-20-18(13-17-9-6-10-19(23-17)22(26)27-2)21(24-25(20)14-15)16-7-4-3-5-8-16;1-3-2/h3-12,14H,13H2,1-2H3;. The summed E-state index contributed by atoms with van der Waals surface area (Å²) in [7, 11) is 1.36. The number of esters is 1. The average Bonchev–Trinajstić information content (AvgIpc) is 3.12. The van der Waals surface area contributed by atoms with Gasteiger partial charge in [0, 0.05) is 29.4 Å². The normalized spacial score (nSPS) is 10.2. The fourth-order valence-corrected chi connectivity index (χ4v) is 3.18. The molecule has 0 bridgehead atoms. The van der Waals surface area contributed by atoms with Crippen LogP contribution < -0.4 is 0 Å². The van der Waals surface area contributed by atoms with Gasteiger partial charge in [-0.3, -0.25) is 0 Å². The SMILES string of the molecule is COC(=O)c1cccc(Cc2c(-c3ccccc3)nn3cc(C)ccc23)n1.O=S=O. The Balaban J connectivity index is 0.000000806. The van der Waals surface area contributed by atoms with E-state index >= 15 is 0 Å². The minimum atomic E-state index is -0.750. The first kappa shape index (κ1) is 21.1. The molecule has 4 aromatic rings. The van der Waals surface area contributed by atoms with Crippen molar-refractivity contribution in [3.8, 4) is 11.3 Å². The summed E-state index contributed by atoms with van der Waals surface area (Å²) in [4.78, 5) is 16.3. The zero-order valence-corrected chi connectivity index (χ0v) is 17.3. The fraction of sp³-hybridized carbons (Fsp3) is 0.136. The van der Waals surface area contributed by atoms with Gasteiger partial charge in [0.05, 0.1) is 18.3 Å². The van der Waals surface area contributed by atoms with Gasteiger partial charge in [0.2, 0.25) is 0 Å². The van der Waals surface area contributed by atoms with Crippen LogP contribution >= 0.6 is 0 Å². The van der Waals surface area contributed by atoms with E-state index in [1.165, 1.54) is 7.11 Å². The van der Waals surface area contributed by atoms with Crippen LogP contribution in [0.1, 0.15) is 27.3 Å². The number of methoxy groups -OCH3 is 1. The summed E-state index contributed by atoms with van der Waals surface area (Å²) in [6.07, 6.45) is 2.59. The minimum absolute atomic E-state index is 0.309. The first-order chi connectivity index (χ1) is 14.6. The molecule has 0 atom stereocenters. The molecule has 0 aliphatic carbocycles. The highest BCUT2D eigenvalue weighted by Gasteiger charge is 2.16. The fourth-order valence-electron chi connectivity index (χ4n) is 3.18. The lowest BCUT2D eigenvalue weighted by atomic mass is 10.0. The number of fused-ring (bicyclic) bond motifs is 1. The maximum atomic E-state index is 11.8. The van der Waals surface area contributed by atoms with Gasteiger partial charge in [-0.2, -0.15) is 13.5 Å². The molecule has 0 aliphatic heterocycles. The average molecular weight is 421 g/mol. The van der Waals surface area contributed by atoms with E-state index in [0.29, 0.717) is 12.1 Å². The number of nitrogens with zero attached hydrogens (tertiary/aromatic N) is 3. The summed E-state index contributed by atoms with van der Waals surface area (Å²) in [5, 5.41) is 4.81. The van der Waals surface area contributed by atoms with Crippen molar-refractivity contribution in [2.24, 2.45) is 0 Å². The second-order valence-electron chi connectivity index (χ2n) is 6.48. The van der Waals surface area contributed by atoms with Crippen LogP contribution in [0.25, 0.3) is 16.8 Å². The molecule has 7 nitrogen and oxygen atoms in total. The van der Waals surface area contributed by atoms with Crippen LogP contribution in [0.4, 0.5) is 0 Å². The van der Waals surface area contributed by atoms with Crippen LogP contribution in [-0.2, 0) is 22.7 Å². The molecule has 4 rings (SSSR count). The monoisotopic (exact) mass is 421 g/mol. The highest BCUT2D eigenvalue weighted by molar-refractivity contribution is 7.51. The van der Waals surface area contributed by atoms with Gasteiger partial charge >= 0.3 is 17.5 Å². The summed E-state index contributed by atoms with van der Waals surface area (Å²) in [6, 6.07) is 19.7. The van der Waals surface area contributed by atoms with E-state index < -0.39 is 17.5 Å². The minimum Gasteiger partial charge on any atom is -0.464 e. The largest absolute Gasteiger partial charge is 0.464 e. The molecule has 0 aliphatic rings. The van der Waals surface area contributed by atoms with E-state index in [1.54, 1.807) is 6.07 Å². The predicted molar refractivity (Wildman–Crippen MR) is 113 cm³/mol. The molecular weight excluding hydrogens is 402 g/mol. The maximum absolute atomic E-state index is 11.8. The van der Waals surface area contributed by atoms with Crippen molar-refractivity contribution in [1.82, 2.24) is 14.6 Å². The Bertz CT molecular complexity index is 1220. The lowest BCUT2D eigenvalue weighted by Gasteiger charge is -2.05. The molecule has 0 unspecified atom stereocenters. The summed E-state index contributed by atoms with van der Waals surface area (Å²) in [5.74, 6) is -0.435. The van der Waals surface area contributed by atoms with Gasteiger partial charge in [-0.05, 0) is 30.7 Å². The smallest absolute Gasteiger partial charge is 0.356 e. The maximum Gasteiger partial charge on any atom is 0.356 e. The van der Waals surface area contributed by atoms with Crippen molar-refractivity contribution in [3.63, 3.8) is 0 Å². The van der Waals surface area contributed by atoms with Crippen LogP contribution in [0, 0.1) is 6.92 Å². The van der Waals surface area contributed by atoms with Gasteiger partial charge in [0.1, 0.15) is 5.69 Å². The van der Waals surface area contributed by atoms with Crippen LogP contribution in [-0.4, -0.2) is 36.1 Å². The molecule has 0 radical (unpaired) electrons. The number of hydrogen-bond donors (Lipinski definition) is 0. The van der Waals surface area contributed by atoms with E-state index in [4.69, 9.17) is 18.3 Å². The number of ether oxygens (including phenoxy) is 1. The number of aromatic nitrogens is 3. The predicted octanol–water partition coefficient (Wildman–Crippen LogP) is 3.41. The third kappa shape index (κ3) is 4.66. The Hall–Kier alpha value is -3.65. The second kappa shape index (κ2) is 9.71. The Labute approximate surface area is 177 Å². The van der Waals surface area contributed by atoms with Crippen LogP contribution in [0.15, 0.2) is 66.9 Å². The molecule has 0 spiro atoms. The van der Waals surface area contributed by atoms with Gasteiger partial charge in [0.15, 0.2) is 0 Å². The quantitative estimate of drug-likeness (QED) is 0.469. The van der Waals surface area contributed by atoms with E-state index in [1.807, 2.05) is 48.0 Å². The van der Waals surface area contributed by atoms with Crippen molar-refractivity contribution in [3.05, 3.63) is 89.4 Å². The van der Waals surface area contributed by atoms with E-state index in [0.717, 1.165) is 33.6 Å².